The first kappa shape index (κ1) is 19.7. The number of ether oxygens (including phenoxy) is 2. The van der Waals surface area contributed by atoms with Crippen LogP contribution >= 0.6 is 0 Å². The Labute approximate surface area is 159 Å². The lowest BCUT2D eigenvalue weighted by atomic mass is 9.56. The molecule has 1 aliphatic heterocycles. The molecule has 3 aliphatic rings. The molecule has 2 bridgehead atoms. The summed E-state index contributed by atoms with van der Waals surface area (Å²) in [7, 11) is 0. The molecule has 0 aromatic rings. The fraction of sp³-hybridized carbons (Fsp3) is 0.864. The molecular weight excluding hydrogens is 326 g/mol. The van der Waals surface area contributed by atoms with Crippen molar-refractivity contribution in [3.05, 3.63) is 11.6 Å². The molecule has 1 heterocycles. The van der Waals surface area contributed by atoms with E-state index in [1.54, 1.807) is 0 Å². The molecule has 1 N–H and O–H groups in total. The van der Waals surface area contributed by atoms with Gasteiger partial charge in [-0.25, -0.2) is 4.79 Å². The lowest BCUT2D eigenvalue weighted by Crippen LogP contribution is -2.57. The Morgan fingerprint density at radius 2 is 2.04 bits per heavy atom. The van der Waals surface area contributed by atoms with Crippen LogP contribution in [0.3, 0.4) is 0 Å². The van der Waals surface area contributed by atoms with E-state index in [9.17, 15) is 4.79 Å². The molecule has 4 heteroatoms. The quantitative estimate of drug-likeness (QED) is 0.693. The average molecular weight is 364 g/mol. The summed E-state index contributed by atoms with van der Waals surface area (Å²) < 4.78 is 12.1. The van der Waals surface area contributed by atoms with Crippen LogP contribution in [0.15, 0.2) is 11.6 Å². The summed E-state index contributed by atoms with van der Waals surface area (Å²) in [5.74, 6) is 1.28. The molecule has 1 saturated carbocycles. The summed E-state index contributed by atoms with van der Waals surface area (Å²) in [6.07, 6.45) is 10.6. The Bertz CT molecular complexity index is 525. The molecule has 1 saturated heterocycles. The highest BCUT2D eigenvalue weighted by Crippen LogP contribution is 2.53. The van der Waals surface area contributed by atoms with Crippen molar-refractivity contribution in [1.29, 1.82) is 0 Å². The molecule has 0 aromatic heterocycles. The van der Waals surface area contributed by atoms with Gasteiger partial charge in [-0.2, -0.15) is 0 Å². The fourth-order valence-electron chi connectivity index (χ4n) is 5.59. The Hall–Kier alpha value is -1.03. The van der Waals surface area contributed by atoms with Crippen molar-refractivity contribution >= 4 is 6.09 Å². The van der Waals surface area contributed by atoms with Crippen molar-refractivity contribution in [3.63, 3.8) is 0 Å². The first-order valence-corrected chi connectivity index (χ1v) is 10.7. The lowest BCUT2D eigenvalue weighted by Gasteiger charge is -2.55. The number of allylic oxidation sites excluding steroid dienone is 1. The summed E-state index contributed by atoms with van der Waals surface area (Å²) in [4.78, 5) is 12.4. The van der Waals surface area contributed by atoms with E-state index in [0.717, 1.165) is 25.7 Å². The van der Waals surface area contributed by atoms with Crippen LogP contribution in [0, 0.1) is 23.2 Å². The van der Waals surface area contributed by atoms with Crippen LogP contribution < -0.4 is 5.32 Å². The predicted molar refractivity (Wildman–Crippen MR) is 104 cm³/mol. The van der Waals surface area contributed by atoms with Gasteiger partial charge in [-0.3, -0.25) is 0 Å². The molecular formula is C22H37NO3. The van der Waals surface area contributed by atoms with Gasteiger partial charge in [-0.05, 0) is 38.0 Å². The molecule has 0 aromatic carbocycles. The van der Waals surface area contributed by atoms with E-state index in [2.05, 4.69) is 39.1 Å². The Balaban J connectivity index is 1.65. The summed E-state index contributed by atoms with van der Waals surface area (Å²) in [6, 6.07) is 0.293. The van der Waals surface area contributed by atoms with Crippen molar-refractivity contribution < 1.29 is 14.3 Å². The van der Waals surface area contributed by atoms with Crippen LogP contribution in [-0.2, 0) is 9.47 Å². The van der Waals surface area contributed by atoms with Crippen LogP contribution in [-0.4, -0.2) is 31.5 Å². The van der Waals surface area contributed by atoms with Crippen LogP contribution in [0.1, 0.15) is 72.6 Å². The standard InChI is InChI=1S/C22H37NO3/c1-5-9-19-20-15(2)12-16(3)22(13-25-19,17(20)4)14-26-21(24)23-18-10-7-6-8-11-18/h12,16-20H,5-11,13-14H2,1-4H3,(H,23,24)/t16-,17-,19-,20+,22-/m1/s1. The summed E-state index contributed by atoms with van der Waals surface area (Å²) >= 11 is 0. The highest BCUT2D eigenvalue weighted by molar-refractivity contribution is 5.67. The van der Waals surface area contributed by atoms with Gasteiger partial charge in [0.2, 0.25) is 0 Å². The number of nitrogens with one attached hydrogen (secondary N) is 1. The number of amides is 1. The Kier molecular flexibility index (Phi) is 6.32. The minimum Gasteiger partial charge on any atom is -0.449 e. The van der Waals surface area contributed by atoms with E-state index < -0.39 is 0 Å². The van der Waals surface area contributed by atoms with Gasteiger partial charge in [-0.1, -0.05) is 58.1 Å². The first-order valence-electron chi connectivity index (χ1n) is 10.7. The van der Waals surface area contributed by atoms with E-state index in [1.165, 1.54) is 24.8 Å². The summed E-state index contributed by atoms with van der Waals surface area (Å²) in [5.41, 5.74) is 1.35. The first-order chi connectivity index (χ1) is 12.5. The van der Waals surface area contributed by atoms with Gasteiger partial charge in [-0.15, -0.1) is 0 Å². The van der Waals surface area contributed by atoms with Gasteiger partial charge in [0.1, 0.15) is 6.61 Å². The highest BCUT2D eigenvalue weighted by Gasteiger charge is 2.53. The number of alkyl carbamates (subject to hydrolysis) is 1. The fourth-order valence-corrected chi connectivity index (χ4v) is 5.59. The largest absolute Gasteiger partial charge is 0.449 e. The van der Waals surface area contributed by atoms with Gasteiger partial charge >= 0.3 is 6.09 Å². The Morgan fingerprint density at radius 1 is 1.31 bits per heavy atom. The maximum atomic E-state index is 12.4. The SMILES string of the molecule is CCC[C@H]1OC[C@@]2(COC(=O)NC3CCCCC3)[C@H](C)C=C(C)[C@H]1[C@H]2C. The van der Waals surface area contributed by atoms with Crippen molar-refractivity contribution in [2.45, 2.75) is 84.8 Å². The van der Waals surface area contributed by atoms with Gasteiger partial charge in [0.25, 0.3) is 0 Å². The van der Waals surface area contributed by atoms with Gasteiger partial charge in [0, 0.05) is 17.4 Å². The Morgan fingerprint density at radius 3 is 2.73 bits per heavy atom. The number of rotatable bonds is 5. The third-order valence-electron chi connectivity index (χ3n) is 7.33. The molecule has 1 amide bonds. The van der Waals surface area contributed by atoms with E-state index in [0.29, 0.717) is 43.1 Å². The number of hydrogen-bond donors (Lipinski definition) is 1. The molecule has 4 nitrogen and oxygen atoms in total. The minimum absolute atomic E-state index is 0.0989. The number of fused-ring (bicyclic) bond motifs is 2. The van der Waals surface area contributed by atoms with Gasteiger partial charge in [0.15, 0.2) is 0 Å². The molecule has 0 radical (unpaired) electrons. The molecule has 2 fully saturated rings. The van der Waals surface area contributed by atoms with Gasteiger partial charge < -0.3 is 14.8 Å². The van der Waals surface area contributed by atoms with Gasteiger partial charge in [0.05, 0.1) is 12.7 Å². The zero-order chi connectivity index (χ0) is 18.7. The molecule has 2 aliphatic carbocycles. The number of hydrogen-bond acceptors (Lipinski definition) is 3. The van der Waals surface area contributed by atoms with Crippen LogP contribution in [0.4, 0.5) is 4.79 Å². The summed E-state index contributed by atoms with van der Waals surface area (Å²) in [6.45, 7) is 10.2. The van der Waals surface area contributed by atoms with Crippen LogP contribution in [0.25, 0.3) is 0 Å². The average Bonchev–Trinajstić information content (AvgIpc) is 2.61. The topological polar surface area (TPSA) is 47.6 Å². The second kappa shape index (κ2) is 8.33. The molecule has 148 valence electrons. The molecule has 0 unspecified atom stereocenters. The van der Waals surface area contributed by atoms with E-state index in [1.807, 2.05) is 0 Å². The predicted octanol–water partition coefficient (Wildman–Crippen LogP) is 5.08. The monoisotopic (exact) mass is 363 g/mol. The summed E-state index contributed by atoms with van der Waals surface area (Å²) in [5, 5.41) is 3.08. The third-order valence-corrected chi connectivity index (χ3v) is 7.33. The van der Waals surface area contributed by atoms with Crippen molar-refractivity contribution in [1.82, 2.24) is 5.32 Å². The molecule has 0 spiro atoms. The maximum Gasteiger partial charge on any atom is 0.407 e. The zero-order valence-corrected chi connectivity index (χ0v) is 17.1. The highest BCUT2D eigenvalue weighted by atomic mass is 16.6. The van der Waals surface area contributed by atoms with Crippen molar-refractivity contribution in [3.8, 4) is 0 Å². The normalized spacial score (nSPS) is 37.8. The van der Waals surface area contributed by atoms with E-state index in [-0.39, 0.29) is 11.5 Å². The smallest absolute Gasteiger partial charge is 0.407 e. The van der Waals surface area contributed by atoms with Crippen LogP contribution in [0.2, 0.25) is 0 Å². The van der Waals surface area contributed by atoms with Crippen LogP contribution in [0.5, 0.6) is 0 Å². The maximum absolute atomic E-state index is 12.4. The van der Waals surface area contributed by atoms with E-state index in [4.69, 9.17) is 9.47 Å². The van der Waals surface area contributed by atoms with Crippen molar-refractivity contribution in [2.75, 3.05) is 13.2 Å². The number of carbonyl (C=O) groups excluding carboxylic acids is 1. The molecule has 26 heavy (non-hydrogen) atoms. The zero-order valence-electron chi connectivity index (χ0n) is 17.1. The second-order valence-electron chi connectivity index (χ2n) is 8.94. The minimum atomic E-state index is -0.246. The van der Waals surface area contributed by atoms with E-state index >= 15 is 0 Å². The molecule has 3 rings (SSSR count). The third kappa shape index (κ3) is 3.81. The second-order valence-corrected chi connectivity index (χ2v) is 8.94. The number of carbonyl (C=O) groups is 1. The molecule has 5 atom stereocenters. The van der Waals surface area contributed by atoms with Crippen molar-refractivity contribution in [2.24, 2.45) is 23.2 Å². The lowest BCUT2D eigenvalue weighted by molar-refractivity contribution is -0.164.